The van der Waals surface area contributed by atoms with Crippen molar-refractivity contribution in [1.82, 2.24) is 14.9 Å². The fourth-order valence-corrected chi connectivity index (χ4v) is 3.12. The van der Waals surface area contributed by atoms with Crippen molar-refractivity contribution in [2.45, 2.75) is 52.6 Å². The first-order valence-electron chi connectivity index (χ1n) is 8.15. The van der Waals surface area contributed by atoms with E-state index in [1.807, 2.05) is 6.20 Å². The molecule has 2 rings (SSSR count). The zero-order chi connectivity index (χ0) is 15.4. The Kier molecular flexibility index (Phi) is 5.53. The van der Waals surface area contributed by atoms with Gasteiger partial charge in [0, 0.05) is 31.6 Å². The summed E-state index contributed by atoms with van der Waals surface area (Å²) in [6, 6.07) is 0.635. The third kappa shape index (κ3) is 3.52. The summed E-state index contributed by atoms with van der Waals surface area (Å²) in [6.07, 6.45) is 3.17. The maximum absolute atomic E-state index is 5.91. The second kappa shape index (κ2) is 7.18. The summed E-state index contributed by atoms with van der Waals surface area (Å²) in [5.41, 5.74) is 8.01. The van der Waals surface area contributed by atoms with Crippen molar-refractivity contribution in [2.75, 3.05) is 31.1 Å². The highest BCUT2D eigenvalue weighted by Gasteiger charge is 2.28. The van der Waals surface area contributed by atoms with E-state index in [-0.39, 0.29) is 0 Å². The highest BCUT2D eigenvalue weighted by Crippen LogP contribution is 2.26. The lowest BCUT2D eigenvalue weighted by atomic mass is 10.2. The predicted octanol–water partition coefficient (Wildman–Crippen LogP) is 1.98. The van der Waals surface area contributed by atoms with Gasteiger partial charge in [0.05, 0.1) is 17.6 Å². The van der Waals surface area contributed by atoms with E-state index in [0.29, 0.717) is 18.5 Å². The van der Waals surface area contributed by atoms with Crippen LogP contribution < -0.4 is 10.6 Å². The molecule has 0 radical (unpaired) electrons. The third-order valence-electron chi connectivity index (χ3n) is 4.41. The molecule has 1 aliphatic rings. The van der Waals surface area contributed by atoms with Gasteiger partial charge in [0.25, 0.3) is 0 Å². The topological polar surface area (TPSA) is 58.3 Å². The van der Waals surface area contributed by atoms with E-state index in [0.717, 1.165) is 43.4 Å². The normalized spacial score (nSPS) is 19.0. The van der Waals surface area contributed by atoms with Crippen molar-refractivity contribution in [1.29, 1.82) is 0 Å². The zero-order valence-electron chi connectivity index (χ0n) is 13.8. The van der Waals surface area contributed by atoms with E-state index < -0.39 is 0 Å². The molecule has 5 heteroatoms. The average Bonchev–Trinajstić information content (AvgIpc) is 2.97. The van der Waals surface area contributed by atoms with Crippen LogP contribution in [-0.2, 0) is 6.54 Å². The number of nitrogens with zero attached hydrogens (tertiary/aromatic N) is 4. The fraction of sp³-hybridized carbons (Fsp3) is 0.750. The SMILES string of the molecule is CCN(CC)C1CCN(c2cnc(C(C)C)nc2CN)C1. The fourth-order valence-electron chi connectivity index (χ4n) is 3.12. The van der Waals surface area contributed by atoms with E-state index in [1.165, 1.54) is 6.42 Å². The van der Waals surface area contributed by atoms with Crippen molar-refractivity contribution in [3.63, 3.8) is 0 Å². The Balaban J connectivity index is 2.16. The lowest BCUT2D eigenvalue weighted by Gasteiger charge is -2.27. The Hall–Kier alpha value is -1.20. The number of hydrogen-bond acceptors (Lipinski definition) is 5. The molecular formula is C16H29N5. The highest BCUT2D eigenvalue weighted by atomic mass is 15.3. The minimum absolute atomic E-state index is 0.339. The summed E-state index contributed by atoms with van der Waals surface area (Å²) in [7, 11) is 0. The average molecular weight is 291 g/mol. The van der Waals surface area contributed by atoms with E-state index >= 15 is 0 Å². The monoisotopic (exact) mass is 291 g/mol. The van der Waals surface area contributed by atoms with E-state index in [4.69, 9.17) is 5.73 Å². The molecule has 1 saturated heterocycles. The molecule has 0 amide bonds. The van der Waals surface area contributed by atoms with Crippen molar-refractivity contribution in [2.24, 2.45) is 5.73 Å². The first kappa shape index (κ1) is 16.2. The van der Waals surface area contributed by atoms with Gasteiger partial charge in [-0.2, -0.15) is 0 Å². The Morgan fingerprint density at radius 1 is 1.38 bits per heavy atom. The minimum Gasteiger partial charge on any atom is -0.367 e. The summed E-state index contributed by atoms with van der Waals surface area (Å²) in [4.78, 5) is 14.1. The summed E-state index contributed by atoms with van der Waals surface area (Å²) < 4.78 is 0. The molecule has 21 heavy (non-hydrogen) atoms. The molecular weight excluding hydrogens is 262 g/mol. The van der Waals surface area contributed by atoms with Crippen molar-refractivity contribution < 1.29 is 0 Å². The summed E-state index contributed by atoms with van der Waals surface area (Å²) in [5.74, 6) is 1.23. The molecule has 1 aliphatic heterocycles. The molecule has 1 fully saturated rings. The van der Waals surface area contributed by atoms with Gasteiger partial charge in [-0.3, -0.25) is 4.90 Å². The van der Waals surface area contributed by atoms with Crippen LogP contribution in [0.15, 0.2) is 6.20 Å². The van der Waals surface area contributed by atoms with Crippen LogP contribution in [0.3, 0.4) is 0 Å². The quantitative estimate of drug-likeness (QED) is 0.868. The summed E-state index contributed by atoms with van der Waals surface area (Å²) in [6.45, 7) is 13.5. The van der Waals surface area contributed by atoms with Gasteiger partial charge in [-0.25, -0.2) is 9.97 Å². The number of rotatable bonds is 6. The largest absolute Gasteiger partial charge is 0.367 e. The third-order valence-corrected chi connectivity index (χ3v) is 4.41. The van der Waals surface area contributed by atoms with Gasteiger partial charge >= 0.3 is 0 Å². The Morgan fingerprint density at radius 2 is 2.10 bits per heavy atom. The van der Waals surface area contributed by atoms with Crippen molar-refractivity contribution in [3.05, 3.63) is 17.7 Å². The van der Waals surface area contributed by atoms with Crippen LogP contribution in [0.25, 0.3) is 0 Å². The molecule has 0 aliphatic carbocycles. The van der Waals surface area contributed by atoms with Gasteiger partial charge in [0.2, 0.25) is 0 Å². The lowest BCUT2D eigenvalue weighted by Crippen LogP contribution is -2.37. The second-order valence-electron chi connectivity index (χ2n) is 6.03. The van der Waals surface area contributed by atoms with Crippen molar-refractivity contribution >= 4 is 5.69 Å². The van der Waals surface area contributed by atoms with Crippen LogP contribution in [0.4, 0.5) is 5.69 Å². The maximum Gasteiger partial charge on any atom is 0.131 e. The molecule has 1 aromatic rings. The zero-order valence-corrected chi connectivity index (χ0v) is 13.8. The number of anilines is 1. The van der Waals surface area contributed by atoms with Crippen LogP contribution in [-0.4, -0.2) is 47.1 Å². The number of likely N-dealkylation sites (N-methyl/N-ethyl adjacent to an activating group) is 1. The van der Waals surface area contributed by atoms with Gasteiger partial charge in [0.1, 0.15) is 5.82 Å². The van der Waals surface area contributed by atoms with Crippen molar-refractivity contribution in [3.8, 4) is 0 Å². The first-order chi connectivity index (χ1) is 10.1. The van der Waals surface area contributed by atoms with E-state index in [9.17, 15) is 0 Å². The Bertz CT molecular complexity index is 456. The van der Waals surface area contributed by atoms with Gasteiger partial charge < -0.3 is 10.6 Å². The minimum atomic E-state index is 0.339. The number of aromatic nitrogens is 2. The second-order valence-corrected chi connectivity index (χ2v) is 6.03. The smallest absolute Gasteiger partial charge is 0.131 e. The molecule has 0 spiro atoms. The van der Waals surface area contributed by atoms with Crippen LogP contribution in [0, 0.1) is 0 Å². The van der Waals surface area contributed by atoms with Crippen LogP contribution in [0.1, 0.15) is 51.6 Å². The van der Waals surface area contributed by atoms with Crippen LogP contribution in [0.2, 0.25) is 0 Å². The maximum atomic E-state index is 5.91. The van der Waals surface area contributed by atoms with Gasteiger partial charge in [-0.1, -0.05) is 27.7 Å². The van der Waals surface area contributed by atoms with E-state index in [1.54, 1.807) is 0 Å². The number of nitrogens with two attached hydrogens (primary N) is 1. The first-order valence-corrected chi connectivity index (χ1v) is 8.15. The van der Waals surface area contributed by atoms with Crippen LogP contribution in [0.5, 0.6) is 0 Å². The predicted molar refractivity (Wildman–Crippen MR) is 87.6 cm³/mol. The standard InChI is InChI=1S/C16H29N5/c1-5-20(6-2)13-7-8-21(11-13)15-10-18-16(12(3)4)19-14(15)9-17/h10,12-13H,5-9,11,17H2,1-4H3. The molecule has 2 N–H and O–H groups in total. The number of hydrogen-bond donors (Lipinski definition) is 1. The molecule has 1 unspecified atom stereocenters. The molecule has 1 atom stereocenters. The molecule has 5 nitrogen and oxygen atoms in total. The van der Waals surface area contributed by atoms with Gasteiger partial charge in [0.15, 0.2) is 0 Å². The molecule has 1 aromatic heterocycles. The molecule has 2 heterocycles. The molecule has 118 valence electrons. The molecule has 0 saturated carbocycles. The van der Waals surface area contributed by atoms with Crippen LogP contribution >= 0.6 is 0 Å². The Labute approximate surface area is 128 Å². The summed E-state index contributed by atoms with van der Waals surface area (Å²) >= 11 is 0. The lowest BCUT2D eigenvalue weighted by molar-refractivity contribution is 0.232. The summed E-state index contributed by atoms with van der Waals surface area (Å²) in [5, 5.41) is 0. The Morgan fingerprint density at radius 3 is 2.67 bits per heavy atom. The van der Waals surface area contributed by atoms with Gasteiger partial charge in [-0.05, 0) is 19.5 Å². The van der Waals surface area contributed by atoms with Gasteiger partial charge in [-0.15, -0.1) is 0 Å². The molecule has 0 bridgehead atoms. The molecule has 0 aromatic carbocycles. The van der Waals surface area contributed by atoms with E-state index in [2.05, 4.69) is 47.5 Å². The highest BCUT2D eigenvalue weighted by molar-refractivity contribution is 5.50.